The number of sulfonamides is 1. The van der Waals surface area contributed by atoms with Gasteiger partial charge >= 0.3 is 0 Å². The lowest BCUT2D eigenvalue weighted by molar-refractivity contribution is 0.595. The highest BCUT2D eigenvalue weighted by atomic mass is 79.9. The number of hydrogen-bond donors (Lipinski definition) is 1. The number of alkyl halides is 1. The van der Waals surface area contributed by atoms with E-state index >= 15 is 0 Å². The van der Waals surface area contributed by atoms with Crippen molar-refractivity contribution in [1.29, 1.82) is 0 Å². The first-order valence-corrected chi connectivity index (χ1v) is 7.94. The largest absolute Gasteiger partial charge is 0.281 e. The third-order valence-electron chi connectivity index (χ3n) is 1.99. The molecule has 0 unspecified atom stereocenters. The van der Waals surface area contributed by atoms with Crippen LogP contribution in [0.3, 0.4) is 0 Å². The van der Waals surface area contributed by atoms with Gasteiger partial charge in [0, 0.05) is 10.4 Å². The minimum atomic E-state index is -3.51. The van der Waals surface area contributed by atoms with E-state index in [-0.39, 0.29) is 11.4 Å². The fraction of sp³-hybridized carbons (Fsp3) is 0.400. The molecule has 0 radical (unpaired) electrons. The Labute approximate surface area is 114 Å². The fourth-order valence-corrected chi connectivity index (χ4v) is 2.89. The van der Waals surface area contributed by atoms with Crippen LogP contribution in [0.2, 0.25) is 0 Å². The summed E-state index contributed by atoms with van der Waals surface area (Å²) in [4.78, 5) is 0. The molecule has 1 aromatic carbocycles. The van der Waals surface area contributed by atoms with Gasteiger partial charge in [0.25, 0.3) is 0 Å². The van der Waals surface area contributed by atoms with Crippen LogP contribution in [0.5, 0.6) is 0 Å². The highest BCUT2D eigenvalue weighted by Crippen LogP contribution is 2.20. The summed E-state index contributed by atoms with van der Waals surface area (Å²) in [5, 5.41) is 0. The van der Waals surface area contributed by atoms with E-state index in [1.165, 1.54) is 12.1 Å². The second kappa shape index (κ2) is 6.56. The third kappa shape index (κ3) is 5.23. The lowest BCUT2D eigenvalue weighted by Gasteiger charge is -2.08. The van der Waals surface area contributed by atoms with Gasteiger partial charge in [-0.05, 0) is 31.0 Å². The summed E-state index contributed by atoms with van der Waals surface area (Å²) in [7, 11) is -3.51. The molecule has 0 saturated carbocycles. The van der Waals surface area contributed by atoms with E-state index in [0.29, 0.717) is 23.2 Å². The lowest BCUT2D eigenvalue weighted by Crippen LogP contribution is -2.17. The van der Waals surface area contributed by atoms with Crippen molar-refractivity contribution in [3.05, 3.63) is 28.5 Å². The Morgan fingerprint density at radius 2 is 2.06 bits per heavy atom. The average molecular weight is 345 g/mol. The van der Waals surface area contributed by atoms with Crippen molar-refractivity contribution in [2.24, 2.45) is 0 Å². The van der Waals surface area contributed by atoms with Crippen LogP contribution in [0.25, 0.3) is 0 Å². The highest BCUT2D eigenvalue weighted by Gasteiger charge is 2.12. The molecule has 96 valence electrons. The second-order valence-electron chi connectivity index (χ2n) is 3.44. The van der Waals surface area contributed by atoms with Gasteiger partial charge < -0.3 is 0 Å². The van der Waals surface area contributed by atoms with Gasteiger partial charge in [-0.25, -0.2) is 12.8 Å². The molecule has 1 N–H and O–H groups in total. The molecule has 1 rings (SSSR count). The maximum absolute atomic E-state index is 13.4. The molecular weight excluding hydrogens is 333 g/mol. The molecule has 0 aliphatic rings. The summed E-state index contributed by atoms with van der Waals surface area (Å²) >= 11 is 8.55. The van der Waals surface area contributed by atoms with E-state index in [4.69, 9.17) is 11.6 Å². The van der Waals surface area contributed by atoms with Gasteiger partial charge in [-0.15, -0.1) is 11.6 Å². The predicted molar refractivity (Wildman–Crippen MR) is 71.5 cm³/mol. The van der Waals surface area contributed by atoms with Gasteiger partial charge in [0.2, 0.25) is 10.0 Å². The molecule has 0 heterocycles. The summed E-state index contributed by atoms with van der Waals surface area (Å²) in [6, 6.07) is 4.15. The quantitative estimate of drug-likeness (QED) is 0.635. The minimum Gasteiger partial charge on any atom is -0.281 e. The number of halogens is 3. The monoisotopic (exact) mass is 343 g/mol. The molecule has 0 atom stereocenters. The molecule has 0 saturated heterocycles. The average Bonchev–Trinajstić information content (AvgIpc) is 2.22. The van der Waals surface area contributed by atoms with Gasteiger partial charge in [-0.2, -0.15) is 0 Å². The van der Waals surface area contributed by atoms with Crippen molar-refractivity contribution in [1.82, 2.24) is 0 Å². The molecule has 3 nitrogen and oxygen atoms in total. The van der Waals surface area contributed by atoms with E-state index in [0.717, 1.165) is 0 Å². The van der Waals surface area contributed by atoms with Gasteiger partial charge in [-0.1, -0.05) is 15.9 Å². The summed E-state index contributed by atoms with van der Waals surface area (Å²) < 4.78 is 39.3. The first kappa shape index (κ1) is 14.7. The van der Waals surface area contributed by atoms with Gasteiger partial charge in [0.1, 0.15) is 5.82 Å². The zero-order chi connectivity index (χ0) is 12.9. The zero-order valence-electron chi connectivity index (χ0n) is 8.92. The van der Waals surface area contributed by atoms with Crippen molar-refractivity contribution in [2.45, 2.75) is 12.8 Å². The maximum Gasteiger partial charge on any atom is 0.232 e. The third-order valence-corrected chi connectivity index (χ3v) is 4.11. The fourth-order valence-electron chi connectivity index (χ4n) is 1.18. The molecule has 17 heavy (non-hydrogen) atoms. The van der Waals surface area contributed by atoms with Crippen LogP contribution in [-0.4, -0.2) is 20.1 Å². The molecule has 1 aromatic rings. The Balaban J connectivity index is 2.69. The molecule has 0 aliphatic heterocycles. The standard InChI is InChI=1S/C10H12BrClFNO2S/c11-8-3-4-10(9(13)7-8)14-17(15,16)6-2-1-5-12/h3-4,7,14H,1-2,5-6H2. The molecule has 0 bridgehead atoms. The van der Waals surface area contributed by atoms with Crippen molar-refractivity contribution in [3.8, 4) is 0 Å². The van der Waals surface area contributed by atoms with Crippen molar-refractivity contribution in [3.63, 3.8) is 0 Å². The zero-order valence-corrected chi connectivity index (χ0v) is 12.1. The topological polar surface area (TPSA) is 46.2 Å². The van der Waals surface area contributed by atoms with Crippen LogP contribution in [-0.2, 0) is 10.0 Å². The molecule has 0 amide bonds. The van der Waals surface area contributed by atoms with Gasteiger partial charge in [0.05, 0.1) is 11.4 Å². The number of benzene rings is 1. The normalized spacial score (nSPS) is 11.5. The number of anilines is 1. The summed E-state index contributed by atoms with van der Waals surface area (Å²) in [6.07, 6.45) is 1.07. The maximum atomic E-state index is 13.4. The van der Waals surface area contributed by atoms with E-state index in [2.05, 4.69) is 20.7 Å². The van der Waals surface area contributed by atoms with Crippen LogP contribution in [0.15, 0.2) is 22.7 Å². The smallest absolute Gasteiger partial charge is 0.232 e. The first-order chi connectivity index (χ1) is 7.94. The molecular formula is C10H12BrClFNO2S. The SMILES string of the molecule is O=S(=O)(CCCCCl)Nc1ccc(Br)cc1F. The lowest BCUT2D eigenvalue weighted by atomic mass is 10.3. The van der Waals surface area contributed by atoms with Crippen molar-refractivity contribution >= 4 is 43.2 Å². The van der Waals surface area contributed by atoms with Crippen LogP contribution >= 0.6 is 27.5 Å². The second-order valence-corrected chi connectivity index (χ2v) is 6.58. The molecule has 0 aromatic heterocycles. The molecule has 0 fully saturated rings. The minimum absolute atomic E-state index is 0.0425. The van der Waals surface area contributed by atoms with E-state index in [1.807, 2.05) is 0 Å². The van der Waals surface area contributed by atoms with E-state index in [9.17, 15) is 12.8 Å². The van der Waals surface area contributed by atoms with Crippen molar-refractivity contribution in [2.75, 3.05) is 16.4 Å². The Hall–Kier alpha value is -0.330. The molecule has 7 heteroatoms. The molecule has 0 spiro atoms. The highest BCUT2D eigenvalue weighted by molar-refractivity contribution is 9.10. The van der Waals surface area contributed by atoms with E-state index < -0.39 is 15.8 Å². The number of unbranched alkanes of at least 4 members (excludes halogenated alkanes) is 1. The number of hydrogen-bond acceptors (Lipinski definition) is 2. The number of nitrogens with one attached hydrogen (secondary N) is 1. The Bertz CT molecular complexity index is 481. The Kier molecular flexibility index (Phi) is 5.69. The number of rotatable bonds is 6. The van der Waals surface area contributed by atoms with Crippen LogP contribution in [0, 0.1) is 5.82 Å². The van der Waals surface area contributed by atoms with Gasteiger partial charge in [0.15, 0.2) is 0 Å². The van der Waals surface area contributed by atoms with Crippen LogP contribution < -0.4 is 4.72 Å². The van der Waals surface area contributed by atoms with Crippen LogP contribution in [0.1, 0.15) is 12.8 Å². The van der Waals surface area contributed by atoms with Crippen molar-refractivity contribution < 1.29 is 12.8 Å². The Morgan fingerprint density at radius 3 is 2.65 bits per heavy atom. The Morgan fingerprint density at radius 1 is 1.35 bits per heavy atom. The molecule has 0 aliphatic carbocycles. The summed E-state index contributed by atoms with van der Waals surface area (Å²) in [6.45, 7) is 0. The summed E-state index contributed by atoms with van der Waals surface area (Å²) in [5.74, 6) is -0.252. The van der Waals surface area contributed by atoms with E-state index in [1.54, 1.807) is 6.07 Å². The summed E-state index contributed by atoms with van der Waals surface area (Å²) in [5.41, 5.74) is -0.0425. The predicted octanol–water partition coefficient (Wildman–Crippen LogP) is 3.35. The van der Waals surface area contributed by atoms with Gasteiger partial charge in [-0.3, -0.25) is 4.72 Å². The van der Waals surface area contributed by atoms with Crippen LogP contribution in [0.4, 0.5) is 10.1 Å². The first-order valence-electron chi connectivity index (χ1n) is 4.96.